The predicted molar refractivity (Wildman–Crippen MR) is 55.3 cm³/mol. The summed E-state index contributed by atoms with van der Waals surface area (Å²) in [6, 6.07) is 0. The van der Waals surface area contributed by atoms with Gasteiger partial charge in [-0.2, -0.15) is 5.06 Å². The van der Waals surface area contributed by atoms with Crippen LogP contribution in [-0.2, 0) is 0 Å². The number of rotatable bonds is 0. The third kappa shape index (κ3) is 5.54. The highest BCUT2D eigenvalue weighted by Crippen LogP contribution is 2.04. The molecule has 2 aliphatic heterocycles. The van der Waals surface area contributed by atoms with Crippen molar-refractivity contribution in [1.82, 2.24) is 10.4 Å². The number of nitrogens with zero attached hydrogens (tertiary/aromatic N) is 1. The van der Waals surface area contributed by atoms with Crippen LogP contribution in [0.15, 0.2) is 0 Å². The van der Waals surface area contributed by atoms with Crippen LogP contribution in [0.5, 0.6) is 0 Å². The molecule has 1 atom stereocenters. The van der Waals surface area contributed by atoms with Crippen molar-refractivity contribution in [2.45, 2.75) is 38.2 Å². The molecular formula is C10H22N2O2. The smallest absolute Gasteiger partial charge is 0.0665 e. The van der Waals surface area contributed by atoms with E-state index in [1.807, 2.05) is 0 Å². The Morgan fingerprint density at radius 3 is 2.07 bits per heavy atom. The number of hydrogen-bond donors (Lipinski definition) is 3. The molecule has 0 bridgehead atoms. The molecular weight excluding hydrogens is 180 g/mol. The average molecular weight is 202 g/mol. The normalized spacial score (nSPS) is 29.1. The Morgan fingerprint density at radius 2 is 1.79 bits per heavy atom. The van der Waals surface area contributed by atoms with Crippen LogP contribution in [0.3, 0.4) is 0 Å². The van der Waals surface area contributed by atoms with Crippen molar-refractivity contribution in [1.29, 1.82) is 0 Å². The van der Waals surface area contributed by atoms with Crippen molar-refractivity contribution in [2.75, 3.05) is 26.2 Å². The monoisotopic (exact) mass is 202 g/mol. The molecule has 0 radical (unpaired) electrons. The summed E-state index contributed by atoms with van der Waals surface area (Å²) in [7, 11) is 0. The molecule has 84 valence electrons. The molecule has 0 aliphatic carbocycles. The van der Waals surface area contributed by atoms with Crippen LogP contribution in [0.25, 0.3) is 0 Å². The van der Waals surface area contributed by atoms with Crippen LogP contribution in [-0.4, -0.2) is 47.7 Å². The summed E-state index contributed by atoms with van der Waals surface area (Å²) in [5, 5.41) is 22.1. The number of β-amino-alcohol motifs (C(OH)–C–C–N with tert-alkyl or cyclic N) is 1. The standard InChI is InChI=1S/2C5H11NO/c7-5-2-1-3-6-4-5;7-6-4-2-1-3-5-6/h5-7H,1-4H2;7H,1-5H2. The molecule has 14 heavy (non-hydrogen) atoms. The fraction of sp³-hybridized carbons (Fsp3) is 1.00. The van der Waals surface area contributed by atoms with Crippen LogP contribution in [0, 0.1) is 0 Å². The number of nitrogens with one attached hydrogen (secondary N) is 1. The van der Waals surface area contributed by atoms with Gasteiger partial charge in [-0.1, -0.05) is 6.42 Å². The molecule has 2 heterocycles. The third-order valence-electron chi connectivity index (χ3n) is 2.60. The van der Waals surface area contributed by atoms with Gasteiger partial charge in [-0.15, -0.1) is 0 Å². The van der Waals surface area contributed by atoms with Gasteiger partial charge in [0.2, 0.25) is 0 Å². The van der Waals surface area contributed by atoms with Gasteiger partial charge in [-0.25, -0.2) is 0 Å². The second-order valence-corrected chi connectivity index (χ2v) is 4.01. The molecule has 4 heteroatoms. The van der Waals surface area contributed by atoms with Gasteiger partial charge in [0, 0.05) is 19.6 Å². The van der Waals surface area contributed by atoms with E-state index in [9.17, 15) is 0 Å². The topological polar surface area (TPSA) is 55.7 Å². The molecule has 4 nitrogen and oxygen atoms in total. The summed E-state index contributed by atoms with van der Waals surface area (Å²) in [5.41, 5.74) is 0. The molecule has 0 amide bonds. The maximum absolute atomic E-state index is 8.85. The zero-order valence-corrected chi connectivity index (χ0v) is 8.78. The van der Waals surface area contributed by atoms with Crippen LogP contribution in [0.4, 0.5) is 0 Å². The zero-order valence-electron chi connectivity index (χ0n) is 8.78. The molecule has 0 aromatic carbocycles. The summed E-state index contributed by atoms with van der Waals surface area (Å²) < 4.78 is 0. The van der Waals surface area contributed by atoms with Gasteiger partial charge in [-0.3, -0.25) is 0 Å². The molecule has 2 aliphatic rings. The Hall–Kier alpha value is -0.160. The van der Waals surface area contributed by atoms with E-state index >= 15 is 0 Å². The highest BCUT2D eigenvalue weighted by Gasteiger charge is 2.06. The Morgan fingerprint density at radius 1 is 1.07 bits per heavy atom. The molecule has 2 rings (SSSR count). The third-order valence-corrected chi connectivity index (χ3v) is 2.60. The van der Waals surface area contributed by atoms with Crippen LogP contribution in [0.1, 0.15) is 32.1 Å². The lowest BCUT2D eigenvalue weighted by Crippen LogP contribution is -2.33. The second kappa shape index (κ2) is 7.17. The Bertz CT molecular complexity index is 116. The van der Waals surface area contributed by atoms with Gasteiger partial charge >= 0.3 is 0 Å². The first-order valence-electron chi connectivity index (χ1n) is 5.61. The quantitative estimate of drug-likeness (QED) is 0.538. The van der Waals surface area contributed by atoms with Crippen molar-refractivity contribution in [3.63, 3.8) is 0 Å². The highest BCUT2D eigenvalue weighted by molar-refractivity contribution is 4.65. The van der Waals surface area contributed by atoms with Crippen molar-refractivity contribution in [2.24, 2.45) is 0 Å². The second-order valence-electron chi connectivity index (χ2n) is 4.01. The van der Waals surface area contributed by atoms with Gasteiger partial charge in [0.15, 0.2) is 0 Å². The molecule has 0 aromatic rings. The fourth-order valence-electron chi connectivity index (χ4n) is 1.71. The first-order valence-corrected chi connectivity index (χ1v) is 5.61. The Balaban J connectivity index is 0.000000140. The van der Waals surface area contributed by atoms with Gasteiger partial charge < -0.3 is 15.6 Å². The minimum absolute atomic E-state index is 0.0752. The van der Waals surface area contributed by atoms with E-state index in [0.29, 0.717) is 0 Å². The summed E-state index contributed by atoms with van der Waals surface area (Å²) >= 11 is 0. The van der Waals surface area contributed by atoms with Crippen LogP contribution < -0.4 is 5.32 Å². The lowest BCUT2D eigenvalue weighted by Gasteiger charge is -2.18. The van der Waals surface area contributed by atoms with E-state index in [0.717, 1.165) is 51.9 Å². The number of piperidine rings is 2. The molecule has 3 N–H and O–H groups in total. The van der Waals surface area contributed by atoms with E-state index in [1.54, 1.807) is 0 Å². The minimum atomic E-state index is -0.0752. The summed E-state index contributed by atoms with van der Waals surface area (Å²) in [4.78, 5) is 0. The van der Waals surface area contributed by atoms with Crippen molar-refractivity contribution in [3.05, 3.63) is 0 Å². The SMILES string of the molecule is OC1CCCNC1.ON1CCCCC1. The number of aliphatic hydroxyl groups is 1. The molecule has 2 saturated heterocycles. The van der Waals surface area contributed by atoms with Crippen molar-refractivity contribution in [3.8, 4) is 0 Å². The van der Waals surface area contributed by atoms with Gasteiger partial charge in [0.25, 0.3) is 0 Å². The summed E-state index contributed by atoms with van der Waals surface area (Å²) in [6.45, 7) is 3.62. The van der Waals surface area contributed by atoms with Crippen LogP contribution in [0.2, 0.25) is 0 Å². The van der Waals surface area contributed by atoms with Crippen LogP contribution >= 0.6 is 0 Å². The predicted octanol–water partition coefficient (Wildman–Crippen LogP) is 0.592. The lowest BCUT2D eigenvalue weighted by molar-refractivity contribution is -0.103. The first-order chi connectivity index (χ1) is 6.79. The average Bonchev–Trinajstić information content (AvgIpc) is 2.21. The molecule has 0 aromatic heterocycles. The summed E-state index contributed by atoms with van der Waals surface area (Å²) in [5.74, 6) is 0. The van der Waals surface area contributed by atoms with Crippen molar-refractivity contribution >= 4 is 0 Å². The van der Waals surface area contributed by atoms with Crippen molar-refractivity contribution < 1.29 is 10.3 Å². The Kier molecular flexibility index (Phi) is 6.10. The lowest BCUT2D eigenvalue weighted by atomic mass is 10.1. The minimum Gasteiger partial charge on any atom is -0.392 e. The van der Waals surface area contributed by atoms with E-state index in [2.05, 4.69) is 5.32 Å². The number of hydroxylamine groups is 2. The first kappa shape index (κ1) is 11.9. The highest BCUT2D eigenvalue weighted by atomic mass is 16.5. The zero-order chi connectivity index (χ0) is 10.2. The molecule has 1 unspecified atom stereocenters. The van der Waals surface area contributed by atoms with E-state index < -0.39 is 0 Å². The van der Waals surface area contributed by atoms with Gasteiger partial charge in [0.1, 0.15) is 0 Å². The molecule has 0 saturated carbocycles. The number of hydrogen-bond acceptors (Lipinski definition) is 4. The number of aliphatic hydroxyl groups excluding tert-OH is 1. The summed E-state index contributed by atoms with van der Waals surface area (Å²) in [6.07, 6.45) is 5.65. The van der Waals surface area contributed by atoms with Gasteiger partial charge in [-0.05, 0) is 32.2 Å². The van der Waals surface area contributed by atoms with Gasteiger partial charge in [0.05, 0.1) is 6.10 Å². The molecule has 0 spiro atoms. The van der Waals surface area contributed by atoms with E-state index in [-0.39, 0.29) is 6.10 Å². The Labute approximate surface area is 85.9 Å². The largest absolute Gasteiger partial charge is 0.392 e. The van der Waals surface area contributed by atoms with E-state index in [4.69, 9.17) is 10.3 Å². The maximum Gasteiger partial charge on any atom is 0.0665 e. The maximum atomic E-state index is 8.85. The molecule has 2 fully saturated rings. The fourth-order valence-corrected chi connectivity index (χ4v) is 1.71. The van der Waals surface area contributed by atoms with E-state index in [1.165, 1.54) is 11.5 Å².